The summed E-state index contributed by atoms with van der Waals surface area (Å²) in [6.07, 6.45) is 0. The Bertz CT molecular complexity index is 329. The minimum atomic E-state index is -0.438. The van der Waals surface area contributed by atoms with Crippen molar-refractivity contribution in [2.75, 3.05) is 7.05 Å². The highest BCUT2D eigenvalue weighted by Crippen LogP contribution is 2.48. The molecule has 1 atom stereocenters. The van der Waals surface area contributed by atoms with Gasteiger partial charge in [-0.2, -0.15) is 0 Å². The van der Waals surface area contributed by atoms with Gasteiger partial charge in [-0.05, 0) is 18.4 Å². The molecule has 0 spiro atoms. The molecule has 0 saturated carbocycles. The molecule has 0 bridgehead atoms. The smallest absolute Gasteiger partial charge is 0.103 e. The van der Waals surface area contributed by atoms with E-state index in [1.807, 2.05) is 13.1 Å². The van der Waals surface area contributed by atoms with Gasteiger partial charge in [-0.3, -0.25) is 0 Å². The van der Waals surface area contributed by atoms with Crippen LogP contribution in [0.5, 0.6) is 0 Å². The lowest BCUT2D eigenvalue weighted by molar-refractivity contribution is 0.794. The summed E-state index contributed by atoms with van der Waals surface area (Å²) in [6.45, 7) is 6.74. The molecule has 1 nitrogen and oxygen atoms in total. The number of hydrogen-bond donors (Lipinski definition) is 1. The van der Waals surface area contributed by atoms with Gasteiger partial charge < -0.3 is 5.32 Å². The second-order valence-electron chi connectivity index (χ2n) is 4.40. The molecule has 1 aromatic carbocycles. The molecule has 0 aliphatic rings. The third-order valence-electron chi connectivity index (χ3n) is 2.10. The first kappa shape index (κ1) is 12.6. The summed E-state index contributed by atoms with van der Waals surface area (Å²) >= 11 is 5.42. The van der Waals surface area contributed by atoms with Crippen LogP contribution in [0.2, 0.25) is 0 Å². The van der Waals surface area contributed by atoms with Crippen LogP contribution in [0, 0.1) is 0 Å². The lowest BCUT2D eigenvalue weighted by atomic mass is 10.3. The van der Waals surface area contributed by atoms with E-state index < -0.39 is 7.92 Å². The maximum Gasteiger partial charge on any atom is 0.103 e. The summed E-state index contributed by atoms with van der Waals surface area (Å²) in [5.41, 5.74) is 0. The van der Waals surface area contributed by atoms with Crippen LogP contribution in [0.15, 0.2) is 30.3 Å². The zero-order chi connectivity index (χ0) is 11.5. The van der Waals surface area contributed by atoms with Crippen LogP contribution < -0.4 is 10.6 Å². The molecule has 15 heavy (non-hydrogen) atoms. The Morgan fingerprint density at radius 2 is 1.73 bits per heavy atom. The molecule has 0 heterocycles. The minimum Gasteiger partial charge on any atom is -0.379 e. The molecule has 1 N–H and O–H groups in total. The van der Waals surface area contributed by atoms with Gasteiger partial charge in [0.05, 0.1) is 0 Å². The van der Waals surface area contributed by atoms with Crippen molar-refractivity contribution >= 4 is 30.2 Å². The van der Waals surface area contributed by atoms with Crippen LogP contribution in [-0.2, 0) is 0 Å². The summed E-state index contributed by atoms with van der Waals surface area (Å²) < 4.78 is 0.976. The predicted octanol–water partition coefficient (Wildman–Crippen LogP) is 3.10. The van der Waals surface area contributed by atoms with E-state index in [2.05, 4.69) is 50.4 Å². The van der Waals surface area contributed by atoms with Gasteiger partial charge >= 0.3 is 0 Å². The van der Waals surface area contributed by atoms with Crippen molar-refractivity contribution in [3.63, 3.8) is 0 Å². The van der Waals surface area contributed by atoms with Crippen LogP contribution in [0.1, 0.15) is 20.8 Å². The van der Waals surface area contributed by atoms with Crippen molar-refractivity contribution in [2.45, 2.75) is 25.9 Å². The van der Waals surface area contributed by atoms with Crippen molar-refractivity contribution in [2.24, 2.45) is 0 Å². The van der Waals surface area contributed by atoms with Crippen LogP contribution in [0.25, 0.3) is 0 Å². The highest BCUT2D eigenvalue weighted by molar-refractivity contribution is 8.01. The third kappa shape index (κ3) is 3.25. The first-order chi connectivity index (χ1) is 6.96. The molecular weight excluding hydrogens is 221 g/mol. The van der Waals surface area contributed by atoms with E-state index in [0.717, 1.165) is 4.73 Å². The highest BCUT2D eigenvalue weighted by Gasteiger charge is 2.28. The van der Waals surface area contributed by atoms with E-state index >= 15 is 0 Å². The molecule has 82 valence electrons. The molecular formula is C12H18NPS. The van der Waals surface area contributed by atoms with E-state index in [4.69, 9.17) is 12.2 Å². The van der Waals surface area contributed by atoms with Gasteiger partial charge in [0.25, 0.3) is 0 Å². The molecule has 1 unspecified atom stereocenters. The first-order valence-electron chi connectivity index (χ1n) is 5.04. The molecule has 0 saturated heterocycles. The molecule has 0 aromatic heterocycles. The van der Waals surface area contributed by atoms with E-state index in [-0.39, 0.29) is 5.16 Å². The van der Waals surface area contributed by atoms with Gasteiger partial charge in [-0.25, -0.2) is 0 Å². The van der Waals surface area contributed by atoms with Crippen molar-refractivity contribution in [1.82, 2.24) is 5.32 Å². The number of hydrogen-bond acceptors (Lipinski definition) is 1. The topological polar surface area (TPSA) is 12.0 Å². The molecule has 1 aromatic rings. The monoisotopic (exact) mass is 239 g/mol. The summed E-state index contributed by atoms with van der Waals surface area (Å²) in [4.78, 5) is 0. The van der Waals surface area contributed by atoms with Gasteiger partial charge in [0, 0.05) is 7.05 Å². The predicted molar refractivity (Wildman–Crippen MR) is 74.4 cm³/mol. The maximum atomic E-state index is 5.42. The zero-order valence-corrected chi connectivity index (χ0v) is 11.5. The van der Waals surface area contributed by atoms with Crippen LogP contribution in [-0.4, -0.2) is 16.9 Å². The molecule has 0 fully saturated rings. The summed E-state index contributed by atoms with van der Waals surface area (Å²) in [5, 5.41) is 4.68. The Hall–Kier alpha value is -0.460. The van der Waals surface area contributed by atoms with Crippen molar-refractivity contribution in [1.29, 1.82) is 0 Å². The van der Waals surface area contributed by atoms with Crippen molar-refractivity contribution < 1.29 is 0 Å². The average Bonchev–Trinajstić information content (AvgIpc) is 2.17. The third-order valence-corrected chi connectivity index (χ3v) is 5.64. The second kappa shape index (κ2) is 5.05. The Kier molecular flexibility index (Phi) is 4.24. The van der Waals surface area contributed by atoms with Gasteiger partial charge in [0.15, 0.2) is 0 Å². The first-order valence-corrected chi connectivity index (χ1v) is 6.79. The zero-order valence-electron chi connectivity index (χ0n) is 9.74. The molecule has 3 heteroatoms. The Balaban J connectivity index is 3.08. The van der Waals surface area contributed by atoms with Gasteiger partial charge in [0.1, 0.15) is 4.73 Å². The van der Waals surface area contributed by atoms with Gasteiger partial charge in [-0.1, -0.05) is 63.3 Å². The van der Waals surface area contributed by atoms with Crippen LogP contribution >= 0.6 is 20.1 Å². The second-order valence-corrected chi connectivity index (χ2v) is 8.08. The van der Waals surface area contributed by atoms with Crippen molar-refractivity contribution in [3.8, 4) is 0 Å². The van der Waals surface area contributed by atoms with Crippen molar-refractivity contribution in [3.05, 3.63) is 30.3 Å². The normalized spacial score (nSPS) is 13.3. The minimum absolute atomic E-state index is 0.205. The number of rotatable bonds is 2. The lowest BCUT2D eigenvalue weighted by Crippen LogP contribution is -2.29. The van der Waals surface area contributed by atoms with E-state index in [1.165, 1.54) is 5.30 Å². The standard InChI is InChI=1S/C12H18NPS/c1-12(2,3)14(11(15)13-4)10-8-6-5-7-9-10/h5-9H,1-4H3,(H,13,15). The highest BCUT2D eigenvalue weighted by atomic mass is 32.1. The van der Waals surface area contributed by atoms with Crippen LogP contribution in [0.4, 0.5) is 0 Å². The Morgan fingerprint density at radius 1 is 1.20 bits per heavy atom. The summed E-state index contributed by atoms with van der Waals surface area (Å²) in [5.74, 6) is 0. The molecule has 0 aliphatic heterocycles. The lowest BCUT2D eigenvalue weighted by Gasteiger charge is -2.31. The van der Waals surface area contributed by atoms with E-state index in [9.17, 15) is 0 Å². The van der Waals surface area contributed by atoms with E-state index in [0.29, 0.717) is 0 Å². The fraction of sp³-hybridized carbons (Fsp3) is 0.417. The maximum absolute atomic E-state index is 5.42. The number of nitrogens with one attached hydrogen (secondary N) is 1. The Morgan fingerprint density at radius 3 is 2.13 bits per heavy atom. The summed E-state index contributed by atoms with van der Waals surface area (Å²) in [6, 6.07) is 10.5. The van der Waals surface area contributed by atoms with Crippen LogP contribution in [0.3, 0.4) is 0 Å². The quantitative estimate of drug-likeness (QED) is 0.628. The Labute approximate surface area is 99.0 Å². The molecule has 0 aliphatic carbocycles. The average molecular weight is 239 g/mol. The largest absolute Gasteiger partial charge is 0.379 e. The summed E-state index contributed by atoms with van der Waals surface area (Å²) in [7, 11) is 1.47. The fourth-order valence-electron chi connectivity index (χ4n) is 1.50. The fourth-order valence-corrected chi connectivity index (χ4v) is 4.95. The van der Waals surface area contributed by atoms with Gasteiger partial charge in [-0.15, -0.1) is 0 Å². The molecule has 1 rings (SSSR count). The van der Waals surface area contributed by atoms with E-state index in [1.54, 1.807) is 0 Å². The molecule has 0 radical (unpaired) electrons. The molecule has 0 amide bonds. The number of benzene rings is 1. The van der Waals surface area contributed by atoms with Gasteiger partial charge in [0.2, 0.25) is 0 Å². The number of thiocarbonyl (C=S) groups is 1. The SMILES string of the molecule is CNC(=S)P(c1ccccc1)C(C)(C)C.